The Hall–Kier alpha value is -5.41. The van der Waals surface area contributed by atoms with Crippen molar-refractivity contribution < 1.29 is 4.74 Å². The van der Waals surface area contributed by atoms with E-state index in [1.807, 2.05) is 0 Å². The number of fused-ring (bicyclic) bond motifs is 10. The summed E-state index contributed by atoms with van der Waals surface area (Å²) in [5, 5.41) is 3.82. The van der Waals surface area contributed by atoms with Gasteiger partial charge in [-0.2, -0.15) is 0 Å². The second-order valence-corrected chi connectivity index (χ2v) is 11.1. The smallest absolute Gasteiger partial charge is 0.145 e. The Balaban J connectivity index is 1.37. The van der Waals surface area contributed by atoms with Gasteiger partial charge in [0.15, 0.2) is 0 Å². The van der Waals surface area contributed by atoms with Gasteiger partial charge in [0.05, 0.1) is 11.1 Å². The summed E-state index contributed by atoms with van der Waals surface area (Å²) in [5.74, 6) is 1.79. The Bertz CT molecular complexity index is 2010. The molecule has 2 heterocycles. The van der Waals surface area contributed by atoms with Gasteiger partial charge in [-0.1, -0.05) is 127 Å². The molecular weight excluding hydrogens is 512 g/mol. The number of hydrogen-bond donors (Lipinski definition) is 1. The maximum atomic E-state index is 6.56. The highest BCUT2D eigenvalue weighted by molar-refractivity contribution is 6.17. The van der Waals surface area contributed by atoms with Crippen molar-refractivity contribution in [3.8, 4) is 22.6 Å². The van der Waals surface area contributed by atoms with Gasteiger partial charge in [0.2, 0.25) is 0 Å². The molecule has 198 valence electrons. The molecule has 1 spiro atoms. The molecule has 9 rings (SSSR count). The molecule has 3 nitrogen and oxygen atoms in total. The van der Waals surface area contributed by atoms with Crippen LogP contribution in [0.5, 0.6) is 11.5 Å². The minimum atomic E-state index is -0.547. The van der Waals surface area contributed by atoms with Crippen LogP contribution in [0.3, 0.4) is 0 Å². The lowest BCUT2D eigenvalue weighted by Gasteiger charge is -2.41. The lowest BCUT2D eigenvalue weighted by atomic mass is 9.65. The highest BCUT2D eigenvalue weighted by Gasteiger charge is 2.52. The Morgan fingerprint density at radius 1 is 0.524 bits per heavy atom. The molecule has 2 aliphatic heterocycles. The number of rotatable bonds is 2. The minimum Gasteiger partial charge on any atom is -0.457 e. The Morgan fingerprint density at radius 2 is 1.12 bits per heavy atom. The van der Waals surface area contributed by atoms with E-state index in [4.69, 9.17) is 9.73 Å². The van der Waals surface area contributed by atoms with Crippen molar-refractivity contribution in [1.82, 2.24) is 0 Å². The molecule has 3 aliphatic rings. The lowest BCUT2D eigenvalue weighted by Crippen LogP contribution is -2.34. The standard InChI is InChI=1S/C39H26N2O/c1-2-13-25(14-3-1)37-28-16-5-9-22-33(28)40-38(41-37)29-18-12-17-27-26-15-4-6-19-30(26)39(36(27)29)31-20-7-10-23-34(31)42-35-24-11-8-21-32(35)39/h1-24,38,40H. The molecule has 1 atom stereocenters. The summed E-state index contributed by atoms with van der Waals surface area (Å²) in [7, 11) is 0. The molecular formula is C39H26N2O. The average Bonchev–Trinajstić information content (AvgIpc) is 3.36. The molecule has 3 heteroatoms. The fourth-order valence-corrected chi connectivity index (χ4v) is 7.34. The first-order chi connectivity index (χ1) is 20.8. The summed E-state index contributed by atoms with van der Waals surface area (Å²) in [6.07, 6.45) is -0.279. The molecule has 0 amide bonds. The van der Waals surface area contributed by atoms with E-state index in [9.17, 15) is 0 Å². The molecule has 0 saturated heterocycles. The number of aliphatic imine (C=N–C) groups is 1. The van der Waals surface area contributed by atoms with Crippen LogP contribution in [0.15, 0.2) is 151 Å². The van der Waals surface area contributed by atoms with Gasteiger partial charge in [-0.05, 0) is 40.5 Å². The zero-order valence-corrected chi connectivity index (χ0v) is 22.8. The number of para-hydroxylation sites is 3. The zero-order valence-electron chi connectivity index (χ0n) is 22.8. The van der Waals surface area contributed by atoms with E-state index in [1.165, 1.54) is 22.3 Å². The van der Waals surface area contributed by atoms with Crippen LogP contribution < -0.4 is 10.1 Å². The van der Waals surface area contributed by atoms with E-state index < -0.39 is 5.41 Å². The monoisotopic (exact) mass is 538 g/mol. The van der Waals surface area contributed by atoms with Gasteiger partial charge in [0, 0.05) is 33.5 Å². The van der Waals surface area contributed by atoms with E-state index in [1.54, 1.807) is 0 Å². The fraction of sp³-hybridized carbons (Fsp3) is 0.0513. The number of ether oxygens (including phenoxy) is 1. The first kappa shape index (κ1) is 23.3. The molecule has 1 N–H and O–H groups in total. The number of nitrogens with one attached hydrogen (secondary N) is 1. The molecule has 42 heavy (non-hydrogen) atoms. The third kappa shape index (κ3) is 3.08. The molecule has 1 unspecified atom stereocenters. The number of hydrogen-bond acceptors (Lipinski definition) is 3. The van der Waals surface area contributed by atoms with Gasteiger partial charge in [-0.3, -0.25) is 4.99 Å². The summed E-state index contributed by atoms with van der Waals surface area (Å²) < 4.78 is 6.56. The van der Waals surface area contributed by atoms with Crippen molar-refractivity contribution in [2.75, 3.05) is 5.32 Å². The summed E-state index contributed by atoms with van der Waals surface area (Å²) in [5.41, 5.74) is 12.3. The molecule has 0 fully saturated rings. The fourth-order valence-electron chi connectivity index (χ4n) is 7.34. The average molecular weight is 539 g/mol. The topological polar surface area (TPSA) is 33.6 Å². The van der Waals surface area contributed by atoms with Crippen molar-refractivity contribution in [2.24, 2.45) is 4.99 Å². The molecule has 1 aliphatic carbocycles. The van der Waals surface area contributed by atoms with Crippen LogP contribution in [0, 0.1) is 0 Å². The molecule has 0 radical (unpaired) electrons. The van der Waals surface area contributed by atoms with Crippen molar-refractivity contribution in [1.29, 1.82) is 0 Å². The highest BCUT2D eigenvalue weighted by atomic mass is 16.5. The zero-order chi connectivity index (χ0) is 27.7. The second-order valence-electron chi connectivity index (χ2n) is 11.1. The minimum absolute atomic E-state index is 0.279. The highest BCUT2D eigenvalue weighted by Crippen LogP contribution is 2.63. The van der Waals surface area contributed by atoms with E-state index in [-0.39, 0.29) is 6.17 Å². The number of nitrogens with zero attached hydrogens (tertiary/aromatic N) is 1. The summed E-state index contributed by atoms with van der Waals surface area (Å²) in [6, 6.07) is 51.6. The Kier molecular flexibility index (Phi) is 4.88. The molecule has 0 aromatic heterocycles. The van der Waals surface area contributed by atoms with Crippen LogP contribution in [-0.2, 0) is 5.41 Å². The molecule has 0 bridgehead atoms. The molecule has 6 aromatic carbocycles. The largest absolute Gasteiger partial charge is 0.457 e. The van der Waals surface area contributed by atoms with E-state index in [0.717, 1.165) is 50.7 Å². The van der Waals surface area contributed by atoms with Crippen molar-refractivity contribution in [3.05, 3.63) is 185 Å². The Morgan fingerprint density at radius 3 is 1.88 bits per heavy atom. The quantitative estimate of drug-likeness (QED) is 0.238. The number of anilines is 1. The second kappa shape index (κ2) is 8.79. The summed E-state index contributed by atoms with van der Waals surface area (Å²) >= 11 is 0. The van der Waals surface area contributed by atoms with Gasteiger partial charge >= 0.3 is 0 Å². The van der Waals surface area contributed by atoms with Crippen LogP contribution >= 0.6 is 0 Å². The van der Waals surface area contributed by atoms with Gasteiger partial charge in [0.25, 0.3) is 0 Å². The van der Waals surface area contributed by atoms with E-state index >= 15 is 0 Å². The third-order valence-corrected chi connectivity index (χ3v) is 8.97. The predicted octanol–water partition coefficient (Wildman–Crippen LogP) is 9.12. The normalized spacial score (nSPS) is 16.6. The predicted molar refractivity (Wildman–Crippen MR) is 169 cm³/mol. The first-order valence-electron chi connectivity index (χ1n) is 14.4. The Labute approximate surface area is 244 Å². The van der Waals surface area contributed by atoms with Crippen LogP contribution in [0.4, 0.5) is 5.69 Å². The van der Waals surface area contributed by atoms with Crippen molar-refractivity contribution in [3.63, 3.8) is 0 Å². The maximum Gasteiger partial charge on any atom is 0.145 e. The maximum absolute atomic E-state index is 6.56. The van der Waals surface area contributed by atoms with Crippen molar-refractivity contribution in [2.45, 2.75) is 11.6 Å². The SMILES string of the molecule is c1ccc(C2=NC(c3cccc4c3C3(c5ccccc5Oc5ccccc53)c3ccccc3-4)Nc3ccccc32)cc1. The van der Waals surface area contributed by atoms with Gasteiger partial charge < -0.3 is 10.1 Å². The first-order valence-corrected chi connectivity index (χ1v) is 14.4. The van der Waals surface area contributed by atoms with Crippen LogP contribution in [0.2, 0.25) is 0 Å². The number of benzene rings is 6. The van der Waals surface area contributed by atoms with Gasteiger partial charge in [-0.15, -0.1) is 0 Å². The van der Waals surface area contributed by atoms with Crippen LogP contribution in [0.25, 0.3) is 11.1 Å². The summed E-state index contributed by atoms with van der Waals surface area (Å²) in [6.45, 7) is 0. The lowest BCUT2D eigenvalue weighted by molar-refractivity contribution is 0.435. The van der Waals surface area contributed by atoms with Gasteiger partial charge in [0.1, 0.15) is 17.7 Å². The van der Waals surface area contributed by atoms with E-state index in [2.05, 4.69) is 151 Å². The molecule has 6 aromatic rings. The van der Waals surface area contributed by atoms with Crippen molar-refractivity contribution >= 4 is 11.4 Å². The summed E-state index contributed by atoms with van der Waals surface area (Å²) in [4.78, 5) is 5.47. The van der Waals surface area contributed by atoms with E-state index in [0.29, 0.717) is 0 Å². The van der Waals surface area contributed by atoms with Crippen LogP contribution in [-0.4, -0.2) is 5.71 Å². The third-order valence-electron chi connectivity index (χ3n) is 8.97. The molecule has 0 saturated carbocycles. The van der Waals surface area contributed by atoms with Crippen LogP contribution in [0.1, 0.15) is 45.1 Å². The van der Waals surface area contributed by atoms with Gasteiger partial charge in [-0.25, -0.2) is 0 Å².